The van der Waals surface area contributed by atoms with Crippen LogP contribution in [0.1, 0.15) is 36.2 Å². The van der Waals surface area contributed by atoms with Gasteiger partial charge in [-0.25, -0.2) is 4.79 Å². The molecule has 0 bridgehead atoms. The van der Waals surface area contributed by atoms with Crippen molar-refractivity contribution in [1.29, 1.82) is 0 Å². The molecular formula is C24H24N4O. The SMILES string of the molecule is Cc1ccc(-c2ccn(-c3ccc4c5c(n(C)c4c3)CCCCC5)c(=O)n2)cn1. The van der Waals surface area contributed by atoms with Crippen LogP contribution in [0.15, 0.2) is 53.6 Å². The maximum atomic E-state index is 12.8. The predicted molar refractivity (Wildman–Crippen MR) is 116 cm³/mol. The van der Waals surface area contributed by atoms with Gasteiger partial charge in [0.15, 0.2) is 0 Å². The van der Waals surface area contributed by atoms with Gasteiger partial charge in [0.1, 0.15) is 0 Å². The molecule has 0 saturated carbocycles. The van der Waals surface area contributed by atoms with Gasteiger partial charge in [0.05, 0.1) is 16.9 Å². The molecule has 4 aromatic rings. The van der Waals surface area contributed by atoms with E-state index in [0.717, 1.165) is 29.8 Å². The number of hydrogen-bond donors (Lipinski definition) is 0. The van der Waals surface area contributed by atoms with Gasteiger partial charge in [0.25, 0.3) is 0 Å². The van der Waals surface area contributed by atoms with E-state index < -0.39 is 0 Å². The van der Waals surface area contributed by atoms with E-state index in [2.05, 4.69) is 33.7 Å². The van der Waals surface area contributed by atoms with E-state index in [1.165, 1.54) is 41.4 Å². The maximum absolute atomic E-state index is 12.8. The first kappa shape index (κ1) is 17.9. The monoisotopic (exact) mass is 384 g/mol. The van der Waals surface area contributed by atoms with Gasteiger partial charge in [0.2, 0.25) is 0 Å². The van der Waals surface area contributed by atoms with Crippen LogP contribution in [0, 0.1) is 6.92 Å². The highest BCUT2D eigenvalue weighted by Gasteiger charge is 2.18. The highest BCUT2D eigenvalue weighted by molar-refractivity contribution is 5.87. The molecule has 0 spiro atoms. The third-order valence-corrected chi connectivity index (χ3v) is 6.05. The topological polar surface area (TPSA) is 52.7 Å². The number of nitrogens with zero attached hydrogens (tertiary/aromatic N) is 4. The lowest BCUT2D eigenvalue weighted by Crippen LogP contribution is -2.21. The molecule has 0 fully saturated rings. The van der Waals surface area contributed by atoms with Crippen molar-refractivity contribution in [3.63, 3.8) is 0 Å². The van der Waals surface area contributed by atoms with Crippen molar-refractivity contribution < 1.29 is 0 Å². The van der Waals surface area contributed by atoms with Crippen molar-refractivity contribution in [1.82, 2.24) is 19.1 Å². The minimum absolute atomic E-state index is 0.279. The molecule has 0 N–H and O–H groups in total. The van der Waals surface area contributed by atoms with Crippen molar-refractivity contribution in [3.05, 3.63) is 76.2 Å². The number of fused-ring (bicyclic) bond motifs is 3. The number of benzene rings is 1. The number of rotatable bonds is 2. The van der Waals surface area contributed by atoms with Gasteiger partial charge in [-0.2, -0.15) is 4.98 Å². The van der Waals surface area contributed by atoms with Gasteiger partial charge in [-0.3, -0.25) is 9.55 Å². The van der Waals surface area contributed by atoms with Crippen LogP contribution < -0.4 is 5.69 Å². The van der Waals surface area contributed by atoms with E-state index in [4.69, 9.17) is 0 Å². The van der Waals surface area contributed by atoms with Crippen LogP contribution in [0.3, 0.4) is 0 Å². The highest BCUT2D eigenvalue weighted by Crippen LogP contribution is 2.31. The Balaban J connectivity index is 1.58. The van der Waals surface area contributed by atoms with E-state index >= 15 is 0 Å². The fourth-order valence-corrected chi connectivity index (χ4v) is 4.45. The Bertz CT molecular complexity index is 1260. The molecule has 0 saturated heterocycles. The average molecular weight is 384 g/mol. The Morgan fingerprint density at radius 1 is 1.00 bits per heavy atom. The van der Waals surface area contributed by atoms with Gasteiger partial charge in [-0.05, 0) is 68.5 Å². The second-order valence-electron chi connectivity index (χ2n) is 7.90. The lowest BCUT2D eigenvalue weighted by atomic mass is 10.1. The molecule has 3 aromatic heterocycles. The fraction of sp³-hybridized carbons (Fsp3) is 0.292. The number of aryl methyl sites for hydroxylation is 3. The Hall–Kier alpha value is -3.21. The minimum atomic E-state index is -0.279. The van der Waals surface area contributed by atoms with E-state index in [9.17, 15) is 4.79 Å². The summed E-state index contributed by atoms with van der Waals surface area (Å²) in [6, 6.07) is 12.1. The summed E-state index contributed by atoms with van der Waals surface area (Å²) in [4.78, 5) is 21.4. The van der Waals surface area contributed by atoms with Crippen LogP contribution in [-0.2, 0) is 19.9 Å². The molecule has 0 atom stereocenters. The molecule has 29 heavy (non-hydrogen) atoms. The second kappa shape index (κ2) is 6.99. The lowest BCUT2D eigenvalue weighted by molar-refractivity contribution is 0.698. The van der Waals surface area contributed by atoms with Crippen molar-refractivity contribution >= 4 is 10.9 Å². The molecule has 1 aromatic carbocycles. The largest absolute Gasteiger partial charge is 0.352 e. The third-order valence-electron chi connectivity index (χ3n) is 6.05. The summed E-state index contributed by atoms with van der Waals surface area (Å²) in [6.07, 6.45) is 9.65. The zero-order chi connectivity index (χ0) is 20.0. The highest BCUT2D eigenvalue weighted by atomic mass is 16.1. The molecule has 1 aliphatic carbocycles. The fourth-order valence-electron chi connectivity index (χ4n) is 4.45. The van der Waals surface area contributed by atoms with Crippen molar-refractivity contribution in [2.24, 2.45) is 7.05 Å². The maximum Gasteiger partial charge on any atom is 0.352 e. The van der Waals surface area contributed by atoms with Crippen LogP contribution in [0.4, 0.5) is 0 Å². The van der Waals surface area contributed by atoms with Crippen LogP contribution in [-0.4, -0.2) is 19.1 Å². The molecule has 1 aliphatic rings. The minimum Gasteiger partial charge on any atom is -0.347 e. The molecule has 5 rings (SSSR count). The zero-order valence-corrected chi connectivity index (χ0v) is 16.9. The van der Waals surface area contributed by atoms with Crippen molar-refractivity contribution in [2.75, 3.05) is 0 Å². The summed E-state index contributed by atoms with van der Waals surface area (Å²) in [5.41, 5.74) is 7.12. The molecule has 5 heteroatoms. The Labute approximate surface area is 169 Å². The summed E-state index contributed by atoms with van der Waals surface area (Å²) in [5, 5.41) is 1.32. The molecule has 0 radical (unpaired) electrons. The van der Waals surface area contributed by atoms with Crippen molar-refractivity contribution in [3.8, 4) is 16.9 Å². The van der Waals surface area contributed by atoms with Gasteiger partial charge in [-0.15, -0.1) is 0 Å². The van der Waals surface area contributed by atoms with E-state index in [0.29, 0.717) is 5.69 Å². The molecule has 3 heterocycles. The summed E-state index contributed by atoms with van der Waals surface area (Å²) < 4.78 is 3.92. The quantitative estimate of drug-likeness (QED) is 0.483. The van der Waals surface area contributed by atoms with Crippen molar-refractivity contribution in [2.45, 2.75) is 39.0 Å². The first-order valence-corrected chi connectivity index (χ1v) is 10.2. The summed E-state index contributed by atoms with van der Waals surface area (Å²) in [5.74, 6) is 0. The summed E-state index contributed by atoms with van der Waals surface area (Å²) >= 11 is 0. The Morgan fingerprint density at radius 2 is 1.86 bits per heavy atom. The number of aromatic nitrogens is 4. The van der Waals surface area contributed by atoms with E-state index in [-0.39, 0.29) is 5.69 Å². The average Bonchev–Trinajstić information content (AvgIpc) is 2.89. The molecule has 0 unspecified atom stereocenters. The summed E-state index contributed by atoms with van der Waals surface area (Å²) in [7, 11) is 2.14. The first-order valence-electron chi connectivity index (χ1n) is 10.2. The molecule has 146 valence electrons. The molecule has 5 nitrogen and oxygen atoms in total. The first-order chi connectivity index (χ1) is 14.1. The number of pyridine rings is 1. The van der Waals surface area contributed by atoms with Crippen LogP contribution in [0.25, 0.3) is 27.8 Å². The van der Waals surface area contributed by atoms with Gasteiger partial charge < -0.3 is 4.57 Å². The van der Waals surface area contributed by atoms with Gasteiger partial charge in [-0.1, -0.05) is 12.5 Å². The zero-order valence-electron chi connectivity index (χ0n) is 16.9. The molecule has 0 amide bonds. The van der Waals surface area contributed by atoms with Crippen LogP contribution in [0.2, 0.25) is 0 Å². The van der Waals surface area contributed by atoms with Gasteiger partial charge in [0, 0.05) is 41.8 Å². The second-order valence-corrected chi connectivity index (χ2v) is 7.90. The third kappa shape index (κ3) is 3.07. The Kier molecular flexibility index (Phi) is 4.31. The summed E-state index contributed by atoms with van der Waals surface area (Å²) in [6.45, 7) is 1.94. The molecule has 0 aliphatic heterocycles. The van der Waals surface area contributed by atoms with E-state index in [1.807, 2.05) is 31.2 Å². The predicted octanol–water partition coefficient (Wildman–Crippen LogP) is 4.36. The standard InChI is InChI=1S/C24H24N4O/c1-16-8-9-17(15-25-16)21-12-13-28(24(29)26-21)18-10-11-20-19-6-4-3-5-7-22(19)27(2)23(20)14-18/h8-15H,3-7H2,1-2H3. The van der Waals surface area contributed by atoms with E-state index in [1.54, 1.807) is 17.0 Å². The number of hydrogen-bond acceptors (Lipinski definition) is 3. The molecular weight excluding hydrogens is 360 g/mol. The lowest BCUT2D eigenvalue weighted by Gasteiger charge is -2.08. The van der Waals surface area contributed by atoms with Crippen LogP contribution in [0.5, 0.6) is 0 Å². The smallest absolute Gasteiger partial charge is 0.347 e. The van der Waals surface area contributed by atoms with Crippen LogP contribution >= 0.6 is 0 Å². The van der Waals surface area contributed by atoms with Gasteiger partial charge >= 0.3 is 5.69 Å². The Morgan fingerprint density at radius 3 is 2.66 bits per heavy atom. The normalized spacial score (nSPS) is 14.0.